The summed E-state index contributed by atoms with van der Waals surface area (Å²) >= 11 is 0. The van der Waals surface area contributed by atoms with Gasteiger partial charge < -0.3 is 9.88 Å². The van der Waals surface area contributed by atoms with E-state index in [2.05, 4.69) is 28.7 Å². The van der Waals surface area contributed by atoms with Crippen molar-refractivity contribution in [1.29, 1.82) is 0 Å². The molecule has 6 nitrogen and oxygen atoms in total. The Kier molecular flexibility index (Phi) is 6.01. The molecule has 7 heteroatoms. The van der Waals surface area contributed by atoms with Crippen molar-refractivity contribution in [2.24, 2.45) is 5.92 Å². The first-order valence-corrected chi connectivity index (χ1v) is 9.26. The van der Waals surface area contributed by atoms with E-state index in [1.54, 1.807) is 0 Å². The van der Waals surface area contributed by atoms with Crippen LogP contribution in [0.25, 0.3) is 0 Å². The third-order valence-electron chi connectivity index (χ3n) is 5.00. The summed E-state index contributed by atoms with van der Waals surface area (Å²) < 4.78 is 13.2. The van der Waals surface area contributed by atoms with Crippen molar-refractivity contribution in [2.75, 3.05) is 19.6 Å². The van der Waals surface area contributed by atoms with E-state index >= 15 is 0 Å². The molecule has 3 rings (SSSR count). The molecular weight excluding hydrogens is 347 g/mol. The average molecular weight is 372 g/mol. The van der Waals surface area contributed by atoms with E-state index in [1.807, 2.05) is 17.0 Å². The lowest BCUT2D eigenvalue weighted by molar-refractivity contribution is 0.0696. The summed E-state index contributed by atoms with van der Waals surface area (Å²) in [5.41, 5.74) is 0.987. The van der Waals surface area contributed by atoms with E-state index in [0.717, 1.165) is 31.3 Å². The molecule has 0 bridgehead atoms. The maximum atomic E-state index is 13.2. The maximum Gasteiger partial charge on any atom is 0.274 e. The fourth-order valence-electron chi connectivity index (χ4n) is 3.52. The average Bonchev–Trinajstić information content (AvgIpc) is 2.86. The molecular formula is C20H25FN4O2. The summed E-state index contributed by atoms with van der Waals surface area (Å²) in [5, 5.41) is 0. The SMILES string of the molecule is CC(C)[C@@H]1CN(C(=O)c2c[nH]c(=O)cn2)CCCN1Cc1ccc(F)cc1. The lowest BCUT2D eigenvalue weighted by Gasteiger charge is -2.34. The summed E-state index contributed by atoms with van der Waals surface area (Å²) in [7, 11) is 0. The van der Waals surface area contributed by atoms with E-state index in [4.69, 9.17) is 0 Å². The maximum absolute atomic E-state index is 13.2. The van der Waals surface area contributed by atoms with E-state index in [0.29, 0.717) is 19.0 Å². The van der Waals surface area contributed by atoms with Crippen LogP contribution < -0.4 is 5.56 Å². The van der Waals surface area contributed by atoms with Gasteiger partial charge in [0.1, 0.15) is 11.5 Å². The Labute approximate surface area is 158 Å². The van der Waals surface area contributed by atoms with Crippen molar-refractivity contribution < 1.29 is 9.18 Å². The number of carbonyl (C=O) groups is 1. The van der Waals surface area contributed by atoms with Crippen molar-refractivity contribution in [3.8, 4) is 0 Å². The molecule has 27 heavy (non-hydrogen) atoms. The van der Waals surface area contributed by atoms with Crippen LogP contribution in [-0.4, -0.2) is 51.4 Å². The molecule has 1 amide bonds. The summed E-state index contributed by atoms with van der Waals surface area (Å²) in [6.07, 6.45) is 3.35. The summed E-state index contributed by atoms with van der Waals surface area (Å²) in [6.45, 7) is 7.12. The van der Waals surface area contributed by atoms with Gasteiger partial charge in [0.05, 0.1) is 6.20 Å². The van der Waals surface area contributed by atoms with Gasteiger partial charge >= 0.3 is 0 Å². The summed E-state index contributed by atoms with van der Waals surface area (Å²) in [6, 6.07) is 6.77. The number of carbonyl (C=O) groups excluding carboxylic acids is 1. The molecule has 1 aliphatic heterocycles. The van der Waals surface area contributed by atoms with Crippen LogP contribution in [0.1, 0.15) is 36.3 Å². The van der Waals surface area contributed by atoms with Crippen molar-refractivity contribution in [2.45, 2.75) is 32.9 Å². The van der Waals surface area contributed by atoms with Gasteiger partial charge in [-0.1, -0.05) is 26.0 Å². The Hall–Kier alpha value is -2.54. The number of rotatable bonds is 4. The zero-order chi connectivity index (χ0) is 19.4. The quantitative estimate of drug-likeness (QED) is 0.894. The van der Waals surface area contributed by atoms with Crippen molar-refractivity contribution >= 4 is 5.91 Å². The van der Waals surface area contributed by atoms with Gasteiger partial charge in [0, 0.05) is 38.4 Å². The fraction of sp³-hybridized carbons (Fsp3) is 0.450. The van der Waals surface area contributed by atoms with Gasteiger partial charge in [-0.15, -0.1) is 0 Å². The third kappa shape index (κ3) is 4.80. The second kappa shape index (κ2) is 8.43. The molecule has 1 N–H and O–H groups in total. The lowest BCUT2D eigenvalue weighted by atomic mass is 10.0. The Bertz CT molecular complexity index is 814. The minimum atomic E-state index is -0.326. The van der Waals surface area contributed by atoms with Crippen LogP contribution >= 0.6 is 0 Å². The zero-order valence-electron chi connectivity index (χ0n) is 15.7. The third-order valence-corrected chi connectivity index (χ3v) is 5.00. The number of nitrogens with zero attached hydrogens (tertiary/aromatic N) is 3. The van der Waals surface area contributed by atoms with Gasteiger partial charge in [0.2, 0.25) is 0 Å². The molecule has 2 heterocycles. The van der Waals surface area contributed by atoms with Crippen molar-refractivity contribution in [3.63, 3.8) is 0 Å². The number of benzene rings is 1. The van der Waals surface area contributed by atoms with Crippen LogP contribution in [0, 0.1) is 11.7 Å². The number of halogens is 1. The number of nitrogens with one attached hydrogen (secondary N) is 1. The van der Waals surface area contributed by atoms with E-state index in [9.17, 15) is 14.0 Å². The Morgan fingerprint density at radius 1 is 1.30 bits per heavy atom. The highest BCUT2D eigenvalue weighted by atomic mass is 19.1. The minimum absolute atomic E-state index is 0.166. The first-order valence-electron chi connectivity index (χ1n) is 9.26. The van der Waals surface area contributed by atoms with E-state index < -0.39 is 0 Å². The van der Waals surface area contributed by atoms with Crippen LogP contribution in [0.5, 0.6) is 0 Å². The first-order chi connectivity index (χ1) is 12.9. The number of aromatic nitrogens is 2. The highest BCUT2D eigenvalue weighted by Crippen LogP contribution is 2.21. The molecule has 1 aliphatic rings. The van der Waals surface area contributed by atoms with Crippen LogP contribution in [0.3, 0.4) is 0 Å². The van der Waals surface area contributed by atoms with Gasteiger partial charge in [-0.3, -0.25) is 14.5 Å². The van der Waals surface area contributed by atoms with Gasteiger partial charge in [-0.25, -0.2) is 9.37 Å². The molecule has 1 fully saturated rings. The Balaban J connectivity index is 1.76. The molecule has 0 unspecified atom stereocenters. The number of hydrogen-bond acceptors (Lipinski definition) is 4. The number of hydrogen-bond donors (Lipinski definition) is 1. The molecule has 0 aliphatic carbocycles. The topological polar surface area (TPSA) is 69.3 Å². The van der Waals surface area contributed by atoms with Crippen molar-refractivity contribution in [1.82, 2.24) is 19.8 Å². The smallest absolute Gasteiger partial charge is 0.274 e. The van der Waals surface area contributed by atoms with Crippen LogP contribution in [0.2, 0.25) is 0 Å². The highest BCUT2D eigenvalue weighted by molar-refractivity contribution is 5.92. The van der Waals surface area contributed by atoms with Gasteiger partial charge in [-0.05, 0) is 30.0 Å². The molecule has 0 radical (unpaired) electrons. The number of H-pyrrole nitrogens is 1. The van der Waals surface area contributed by atoms with Crippen LogP contribution in [0.15, 0.2) is 41.5 Å². The molecule has 0 spiro atoms. The molecule has 1 aromatic heterocycles. The first kappa shape index (κ1) is 19.2. The fourth-order valence-corrected chi connectivity index (χ4v) is 3.52. The standard InChI is InChI=1S/C20H25FN4O2/c1-14(2)18-13-25(20(27)17-10-23-19(26)11-22-17)9-3-8-24(18)12-15-4-6-16(21)7-5-15/h4-7,10-11,14,18H,3,8-9,12-13H2,1-2H3,(H,23,26)/t18-/m0/s1. The molecule has 2 aromatic rings. The highest BCUT2D eigenvalue weighted by Gasteiger charge is 2.30. The zero-order valence-corrected chi connectivity index (χ0v) is 15.7. The Morgan fingerprint density at radius 3 is 2.67 bits per heavy atom. The van der Waals surface area contributed by atoms with Gasteiger partial charge in [0.25, 0.3) is 11.5 Å². The predicted molar refractivity (Wildman–Crippen MR) is 101 cm³/mol. The number of aromatic amines is 1. The minimum Gasteiger partial charge on any atom is -0.336 e. The predicted octanol–water partition coefficient (Wildman–Crippen LogP) is 2.28. The second-order valence-corrected chi connectivity index (χ2v) is 7.31. The summed E-state index contributed by atoms with van der Waals surface area (Å²) in [5.74, 6) is -0.0527. The van der Waals surface area contributed by atoms with E-state index in [-0.39, 0.29) is 29.0 Å². The van der Waals surface area contributed by atoms with Crippen LogP contribution in [-0.2, 0) is 6.54 Å². The molecule has 1 atom stereocenters. The largest absolute Gasteiger partial charge is 0.336 e. The number of amides is 1. The van der Waals surface area contributed by atoms with Gasteiger partial charge in [0.15, 0.2) is 0 Å². The monoisotopic (exact) mass is 372 g/mol. The molecule has 144 valence electrons. The van der Waals surface area contributed by atoms with Crippen molar-refractivity contribution in [3.05, 3.63) is 64.1 Å². The van der Waals surface area contributed by atoms with Crippen LogP contribution in [0.4, 0.5) is 4.39 Å². The molecule has 1 saturated heterocycles. The normalized spacial score (nSPS) is 18.5. The lowest BCUT2D eigenvalue weighted by Crippen LogP contribution is -2.45. The molecule has 0 saturated carbocycles. The Morgan fingerprint density at radius 2 is 2.04 bits per heavy atom. The second-order valence-electron chi connectivity index (χ2n) is 7.31. The summed E-state index contributed by atoms with van der Waals surface area (Å²) in [4.78, 5) is 34.7. The van der Waals surface area contributed by atoms with Gasteiger partial charge in [-0.2, -0.15) is 0 Å². The van der Waals surface area contributed by atoms with E-state index in [1.165, 1.54) is 18.3 Å². The molecule has 1 aromatic carbocycles.